The van der Waals surface area contributed by atoms with Crippen molar-refractivity contribution < 1.29 is 24.2 Å². The number of piperidine rings is 2. The van der Waals surface area contributed by atoms with Crippen LogP contribution in [0.5, 0.6) is 0 Å². The van der Waals surface area contributed by atoms with E-state index in [0.717, 1.165) is 102 Å². The van der Waals surface area contributed by atoms with Gasteiger partial charge in [-0.25, -0.2) is 14.8 Å². The van der Waals surface area contributed by atoms with Crippen LogP contribution in [-0.4, -0.2) is 106 Å². The molecular weight excluding hydrogens is 916 g/mol. The zero-order chi connectivity index (χ0) is 49.3. The lowest BCUT2D eigenvalue weighted by Crippen LogP contribution is -2.38. The van der Waals surface area contributed by atoms with Crippen molar-refractivity contribution in [3.05, 3.63) is 140 Å². The van der Waals surface area contributed by atoms with Crippen molar-refractivity contribution in [1.29, 1.82) is 10.5 Å². The second kappa shape index (κ2) is 28.2. The van der Waals surface area contributed by atoms with Crippen LogP contribution in [0.2, 0.25) is 0 Å². The standard InChI is InChI=1S/C27H31N5O2.C15H19N3O3.C12H14N2.CH4.ClH/c1-4-20-15-18(2)23(26-29-25(30-31-26)11-14-34-3)16-24(20)27(33)32-12-9-22(10-13-32)21-7-5-19(17-28)6-8-21;1-4-10-7-9(2)11(8-12(10)15(19)20)14-16-13(17-18-14)5-6-21-3;13-9-10-1-3-11(4-2-10)12-5-7-14-8-6-12;;/h5-8,15-16,22H,4,9-14H2,1-3H3,(H,29,30,31);7-8H,4-6H2,1-3H3,(H,19,20)(H,16,17,18);1-4,12,14H,5-8H2;1H4;1H. The van der Waals surface area contributed by atoms with Crippen molar-refractivity contribution in [3.63, 3.8) is 0 Å². The summed E-state index contributed by atoms with van der Waals surface area (Å²) in [5.74, 6) is 2.87. The van der Waals surface area contributed by atoms with Crippen LogP contribution in [0.3, 0.4) is 0 Å². The highest BCUT2D eigenvalue weighted by atomic mass is 35.5. The molecule has 2 saturated heterocycles. The van der Waals surface area contributed by atoms with Crippen molar-refractivity contribution in [3.8, 4) is 34.9 Å². The fourth-order valence-electron chi connectivity index (χ4n) is 8.85. The van der Waals surface area contributed by atoms with Crippen LogP contribution in [0.15, 0.2) is 72.8 Å². The van der Waals surface area contributed by atoms with Gasteiger partial charge in [-0.15, -0.1) is 12.4 Å². The number of aromatic carboxylic acids is 1. The first-order chi connectivity index (χ1) is 33.5. The first-order valence-corrected chi connectivity index (χ1v) is 23.8. The molecule has 0 bridgehead atoms. The third-order valence-electron chi connectivity index (χ3n) is 12.9. The smallest absolute Gasteiger partial charge is 0.335 e. The van der Waals surface area contributed by atoms with Crippen LogP contribution in [0, 0.1) is 36.5 Å². The number of benzene rings is 4. The zero-order valence-corrected chi connectivity index (χ0v) is 41.9. The third kappa shape index (κ3) is 15.1. The molecule has 0 saturated carbocycles. The Labute approximate surface area is 424 Å². The van der Waals surface area contributed by atoms with E-state index in [1.54, 1.807) is 20.3 Å². The minimum absolute atomic E-state index is 0. The first kappa shape index (κ1) is 56.8. The SMILES string of the molecule is C.CCc1cc(C)c(-c2n[nH]c(CCOC)n2)cc1C(=O)N1CCC(c2ccc(C#N)cc2)CC1.CCc1cc(C)c(-c2n[nH]c(CCOC)n2)cc1C(=O)O.Cl.N#Cc1ccc(C2CCNCC2)cc1. The van der Waals surface area contributed by atoms with Crippen LogP contribution in [-0.2, 0) is 35.2 Å². The number of aromatic nitrogens is 6. The Morgan fingerprint density at radius 3 is 1.52 bits per heavy atom. The maximum atomic E-state index is 13.6. The normalized spacial score (nSPS) is 13.5. The monoisotopic (exact) mass is 985 g/mol. The van der Waals surface area contributed by atoms with Gasteiger partial charge in [0.2, 0.25) is 0 Å². The highest BCUT2D eigenvalue weighted by molar-refractivity contribution is 5.97. The van der Waals surface area contributed by atoms with E-state index in [4.69, 9.17) is 20.0 Å². The molecule has 0 spiro atoms. The Hall–Kier alpha value is -6.75. The Kier molecular flexibility index (Phi) is 22.6. The summed E-state index contributed by atoms with van der Waals surface area (Å²) >= 11 is 0. The number of amides is 1. The van der Waals surface area contributed by atoms with Crippen LogP contribution in [0.4, 0.5) is 0 Å². The molecule has 71 heavy (non-hydrogen) atoms. The fourth-order valence-corrected chi connectivity index (χ4v) is 8.85. The molecule has 4 aromatic carbocycles. The molecule has 4 N–H and O–H groups in total. The fraction of sp³-hybridized carbons (Fsp3) is 0.418. The number of ether oxygens (including phenoxy) is 2. The van der Waals surface area contributed by atoms with Gasteiger partial charge in [-0.1, -0.05) is 57.7 Å². The number of hydrogen-bond donors (Lipinski definition) is 4. The topological polar surface area (TPSA) is 219 Å². The molecule has 2 aliphatic heterocycles. The number of hydrogen-bond acceptors (Lipinski definition) is 11. The number of H-pyrrole nitrogens is 2. The van der Waals surface area contributed by atoms with Gasteiger partial charge in [-0.3, -0.25) is 15.0 Å². The molecule has 2 fully saturated rings. The van der Waals surface area contributed by atoms with E-state index in [-0.39, 0.29) is 25.7 Å². The Bertz CT molecular complexity index is 2730. The van der Waals surface area contributed by atoms with Gasteiger partial charge in [0, 0.05) is 56.8 Å². The molecule has 0 aliphatic carbocycles. The van der Waals surface area contributed by atoms with Crippen LogP contribution >= 0.6 is 12.4 Å². The summed E-state index contributed by atoms with van der Waals surface area (Å²) in [5, 5.41) is 44.8. The quantitative estimate of drug-likeness (QED) is 0.0802. The van der Waals surface area contributed by atoms with Gasteiger partial charge in [0.1, 0.15) is 11.6 Å². The lowest BCUT2D eigenvalue weighted by Gasteiger charge is -2.33. The molecular formula is C55H69ClN10O5. The second-order valence-corrected chi connectivity index (χ2v) is 17.4. The molecule has 0 atom stereocenters. The number of aromatic amines is 2. The number of carbonyl (C=O) groups is 2. The number of halogens is 1. The Morgan fingerprint density at radius 1 is 0.690 bits per heavy atom. The van der Waals surface area contributed by atoms with Gasteiger partial charge in [-0.2, -0.15) is 20.7 Å². The number of nitriles is 2. The van der Waals surface area contributed by atoms with Crippen LogP contribution in [0.25, 0.3) is 22.8 Å². The predicted molar refractivity (Wildman–Crippen MR) is 279 cm³/mol. The molecule has 2 aromatic heterocycles. The number of nitrogens with one attached hydrogen (secondary N) is 3. The predicted octanol–water partition coefficient (Wildman–Crippen LogP) is 9.74. The lowest BCUT2D eigenvalue weighted by atomic mass is 9.88. The largest absolute Gasteiger partial charge is 0.478 e. The van der Waals surface area contributed by atoms with Crippen molar-refractivity contribution in [2.45, 2.75) is 98.3 Å². The number of likely N-dealkylation sites (tertiary alicyclic amines) is 1. The summed E-state index contributed by atoms with van der Waals surface area (Å²) in [4.78, 5) is 35.9. The van der Waals surface area contributed by atoms with Crippen LogP contribution in [0.1, 0.15) is 136 Å². The molecule has 0 unspecified atom stereocenters. The van der Waals surface area contributed by atoms with E-state index in [0.29, 0.717) is 67.1 Å². The van der Waals surface area contributed by atoms with Gasteiger partial charge in [0.15, 0.2) is 11.6 Å². The molecule has 4 heterocycles. The van der Waals surface area contributed by atoms with Crippen molar-refractivity contribution >= 4 is 24.3 Å². The third-order valence-corrected chi connectivity index (χ3v) is 12.9. The summed E-state index contributed by atoms with van der Waals surface area (Å²) in [5.41, 5.74) is 10.6. The number of carboxylic acid groups (broad SMARTS) is 1. The number of carboxylic acids is 1. The minimum atomic E-state index is -0.928. The highest BCUT2D eigenvalue weighted by Gasteiger charge is 2.27. The van der Waals surface area contributed by atoms with E-state index >= 15 is 0 Å². The summed E-state index contributed by atoms with van der Waals surface area (Å²) in [6, 6.07) is 27.8. The number of aryl methyl sites for hydroxylation is 4. The summed E-state index contributed by atoms with van der Waals surface area (Å²) in [7, 11) is 3.29. The summed E-state index contributed by atoms with van der Waals surface area (Å²) < 4.78 is 10.1. The number of rotatable bonds is 14. The number of carbonyl (C=O) groups excluding carboxylic acids is 1. The molecule has 1 amide bonds. The molecule has 6 aromatic rings. The van der Waals surface area contributed by atoms with E-state index in [1.807, 2.05) is 74.2 Å². The van der Waals surface area contributed by atoms with Gasteiger partial charge < -0.3 is 24.8 Å². The average Bonchev–Trinajstić information content (AvgIpc) is 4.08. The van der Waals surface area contributed by atoms with E-state index < -0.39 is 5.97 Å². The minimum Gasteiger partial charge on any atom is -0.478 e. The van der Waals surface area contributed by atoms with E-state index in [2.05, 4.69) is 72.9 Å². The first-order valence-electron chi connectivity index (χ1n) is 23.8. The maximum Gasteiger partial charge on any atom is 0.335 e. The molecule has 2 aliphatic rings. The van der Waals surface area contributed by atoms with E-state index in [1.165, 1.54) is 24.0 Å². The molecule has 16 heteroatoms. The zero-order valence-electron chi connectivity index (χ0n) is 41.1. The van der Waals surface area contributed by atoms with Gasteiger partial charge in [0.05, 0.1) is 42.0 Å². The maximum absolute atomic E-state index is 13.6. The number of nitrogens with zero attached hydrogens (tertiary/aromatic N) is 7. The molecule has 8 rings (SSSR count). The van der Waals surface area contributed by atoms with Crippen molar-refractivity contribution in [2.75, 3.05) is 53.6 Å². The van der Waals surface area contributed by atoms with Gasteiger partial charge >= 0.3 is 5.97 Å². The Morgan fingerprint density at radius 2 is 1.11 bits per heavy atom. The summed E-state index contributed by atoms with van der Waals surface area (Å²) in [6.07, 6.45) is 7.03. The second-order valence-electron chi connectivity index (χ2n) is 17.4. The molecule has 15 nitrogen and oxygen atoms in total. The van der Waals surface area contributed by atoms with Gasteiger partial charge in [0.25, 0.3) is 5.91 Å². The lowest BCUT2D eigenvalue weighted by molar-refractivity contribution is 0.0691. The average molecular weight is 986 g/mol. The van der Waals surface area contributed by atoms with Crippen molar-refractivity contribution in [2.24, 2.45) is 0 Å². The molecule has 376 valence electrons. The van der Waals surface area contributed by atoms with Gasteiger partial charge in [-0.05, 0) is 147 Å². The summed E-state index contributed by atoms with van der Waals surface area (Å²) in [6.45, 7) is 12.8. The van der Waals surface area contributed by atoms with E-state index in [9.17, 15) is 14.7 Å². The Balaban J connectivity index is 0.000000252. The molecule has 0 radical (unpaired) electrons. The van der Waals surface area contributed by atoms with Crippen molar-refractivity contribution in [1.82, 2.24) is 40.6 Å². The highest BCUT2D eigenvalue weighted by Crippen LogP contribution is 2.32. The number of methoxy groups -OCH3 is 2. The van der Waals surface area contributed by atoms with Crippen LogP contribution < -0.4 is 5.32 Å².